The van der Waals surface area contributed by atoms with Gasteiger partial charge in [-0.3, -0.25) is 4.79 Å². The molecule has 9 nitrogen and oxygen atoms in total. The van der Waals surface area contributed by atoms with Crippen LogP contribution in [0.2, 0.25) is 0 Å². The number of anilines is 2. The Hall–Kier alpha value is -3.95. The number of pyridine rings is 1. The van der Waals surface area contributed by atoms with Crippen LogP contribution in [0, 0.1) is 4.64 Å². The summed E-state index contributed by atoms with van der Waals surface area (Å²) in [5, 5.41) is 5.42. The van der Waals surface area contributed by atoms with Crippen LogP contribution >= 0.6 is 36.4 Å². The minimum atomic E-state index is -4.42. The number of hydrogen-bond donors (Lipinski definition) is 5. The first kappa shape index (κ1) is 29.0. The molecular weight excluding hydrogens is 584 g/mol. The Kier molecular flexibility index (Phi) is 9.07. The van der Waals surface area contributed by atoms with Crippen molar-refractivity contribution in [1.29, 1.82) is 0 Å². The predicted molar refractivity (Wildman–Crippen MR) is 152 cm³/mol. The van der Waals surface area contributed by atoms with Crippen LogP contribution in [0.4, 0.5) is 24.0 Å². The van der Waals surface area contributed by atoms with Gasteiger partial charge in [-0.1, -0.05) is 31.3 Å². The van der Waals surface area contributed by atoms with Gasteiger partial charge < -0.3 is 25.1 Å². The highest BCUT2D eigenvalue weighted by atomic mass is 32.1. The zero-order valence-corrected chi connectivity index (χ0v) is 23.2. The van der Waals surface area contributed by atoms with E-state index in [1.54, 1.807) is 13.0 Å². The minimum absolute atomic E-state index is 0.0833. The van der Waals surface area contributed by atoms with Crippen LogP contribution in [0.15, 0.2) is 65.8 Å². The number of nitrogens with two attached hydrogens (primary N) is 1. The van der Waals surface area contributed by atoms with Crippen LogP contribution in [0.1, 0.15) is 34.7 Å². The molecular formula is C25H22F3N7O2S3. The number of thiol groups is 1. The van der Waals surface area contributed by atoms with Gasteiger partial charge in [0.15, 0.2) is 6.61 Å². The lowest BCUT2D eigenvalue weighted by Gasteiger charge is -2.12. The second-order valence-corrected chi connectivity index (χ2v) is 10.2. The van der Waals surface area contributed by atoms with Crippen molar-refractivity contribution in [3.8, 4) is 5.88 Å². The van der Waals surface area contributed by atoms with Gasteiger partial charge in [-0.15, -0.1) is 12.6 Å². The zero-order valence-electron chi connectivity index (χ0n) is 20.7. The molecule has 0 aliphatic heterocycles. The minimum Gasteiger partial charge on any atom is -0.468 e. The largest absolute Gasteiger partial charge is 0.468 e. The average Bonchev–Trinajstić information content (AvgIpc) is 3.52. The van der Waals surface area contributed by atoms with E-state index >= 15 is 0 Å². The number of ether oxygens (including phenoxy) is 1. The smallest absolute Gasteiger partial charge is 0.422 e. The Labute approximate surface area is 240 Å². The van der Waals surface area contributed by atoms with Gasteiger partial charge in [-0.2, -0.15) is 13.2 Å². The van der Waals surface area contributed by atoms with E-state index in [2.05, 4.69) is 53.1 Å². The standard InChI is InChI=1S/C14H13F3N4O2.C11H9N3S3/c1-8(13-19-5-4-10(21-13)12(18)22)9-2-3-11(20-6-9)23-7-14(15,16)17;15-7-2-1-6-3-9(12-8(6)4-7)13-11-5-10(16)14-17-11/h2-6,8H,7H2,1H3,(H2,18,22);1-5,12-13,15H,(H,14,16). The second kappa shape index (κ2) is 12.5. The highest BCUT2D eigenvalue weighted by molar-refractivity contribution is 7.80. The van der Waals surface area contributed by atoms with Crippen LogP contribution in [0.3, 0.4) is 0 Å². The fourth-order valence-corrected chi connectivity index (χ4v) is 4.55. The topological polar surface area (TPSA) is 135 Å². The van der Waals surface area contributed by atoms with Gasteiger partial charge in [-0.05, 0) is 41.4 Å². The summed E-state index contributed by atoms with van der Waals surface area (Å²) >= 11 is 10.8. The number of nitrogens with zero attached hydrogens (tertiary/aromatic N) is 3. The van der Waals surface area contributed by atoms with E-state index in [4.69, 9.17) is 18.0 Å². The molecule has 0 spiro atoms. The summed E-state index contributed by atoms with van der Waals surface area (Å²) in [6.07, 6.45) is -1.64. The molecule has 5 N–H and O–H groups in total. The fourth-order valence-electron chi connectivity index (χ4n) is 3.42. The quantitative estimate of drug-likeness (QED) is 0.107. The summed E-state index contributed by atoms with van der Waals surface area (Å²) in [6.45, 7) is 0.367. The molecule has 0 aliphatic carbocycles. The van der Waals surface area contributed by atoms with Crippen molar-refractivity contribution in [3.63, 3.8) is 0 Å². The summed E-state index contributed by atoms with van der Waals surface area (Å²) in [7, 11) is 0. The number of primary amides is 1. The molecule has 5 rings (SSSR count). The number of alkyl halides is 3. The molecule has 0 bridgehead atoms. The number of aromatic nitrogens is 5. The van der Waals surface area contributed by atoms with Crippen molar-refractivity contribution in [2.45, 2.75) is 23.9 Å². The molecule has 208 valence electrons. The van der Waals surface area contributed by atoms with Gasteiger partial charge in [0.1, 0.15) is 27.0 Å². The summed E-state index contributed by atoms with van der Waals surface area (Å²) in [5.41, 5.74) is 6.97. The molecule has 1 atom stereocenters. The molecule has 0 saturated heterocycles. The van der Waals surface area contributed by atoms with E-state index < -0.39 is 18.7 Å². The molecule has 4 heterocycles. The summed E-state index contributed by atoms with van der Waals surface area (Å²) < 4.78 is 44.5. The van der Waals surface area contributed by atoms with Crippen LogP contribution in [-0.4, -0.2) is 43.0 Å². The Bertz CT molecular complexity index is 1670. The molecule has 0 aliphatic rings. The summed E-state index contributed by atoms with van der Waals surface area (Å²) in [6, 6.07) is 14.3. The first-order valence-electron chi connectivity index (χ1n) is 11.5. The number of rotatable bonds is 7. The van der Waals surface area contributed by atoms with E-state index in [0.717, 1.165) is 31.3 Å². The number of amides is 1. The molecule has 1 aromatic carbocycles. The van der Waals surface area contributed by atoms with Crippen molar-refractivity contribution >= 4 is 64.0 Å². The Morgan fingerprint density at radius 3 is 2.65 bits per heavy atom. The third-order valence-corrected chi connectivity index (χ3v) is 6.73. The number of hydrogen-bond acceptors (Lipinski definition) is 9. The molecule has 0 fully saturated rings. The summed E-state index contributed by atoms with van der Waals surface area (Å²) in [5.74, 6) is 0.176. The maximum Gasteiger partial charge on any atom is 0.422 e. The molecule has 1 unspecified atom stereocenters. The molecule has 5 aromatic rings. The van der Waals surface area contributed by atoms with Gasteiger partial charge in [0, 0.05) is 46.2 Å². The Morgan fingerprint density at radius 2 is 2.00 bits per heavy atom. The van der Waals surface area contributed by atoms with Gasteiger partial charge in [0.2, 0.25) is 5.88 Å². The predicted octanol–water partition coefficient (Wildman–Crippen LogP) is 6.38. The van der Waals surface area contributed by atoms with E-state index in [1.807, 2.05) is 24.3 Å². The molecule has 1 amide bonds. The first-order chi connectivity index (χ1) is 19.0. The maximum absolute atomic E-state index is 12.1. The molecule has 4 aromatic heterocycles. The number of H-pyrrole nitrogens is 2. The molecule has 0 radical (unpaired) electrons. The number of benzene rings is 1. The normalized spacial score (nSPS) is 11.9. The van der Waals surface area contributed by atoms with Crippen molar-refractivity contribution in [2.24, 2.45) is 5.73 Å². The van der Waals surface area contributed by atoms with E-state index in [-0.39, 0.29) is 17.5 Å². The second-order valence-electron chi connectivity index (χ2n) is 8.38. The molecule has 40 heavy (non-hydrogen) atoms. The van der Waals surface area contributed by atoms with E-state index in [9.17, 15) is 18.0 Å². The first-order valence-corrected chi connectivity index (χ1v) is 13.2. The van der Waals surface area contributed by atoms with Crippen molar-refractivity contribution in [3.05, 3.63) is 82.6 Å². The molecule has 15 heteroatoms. The fraction of sp³-hybridized carbons (Fsp3) is 0.160. The Morgan fingerprint density at radius 1 is 1.20 bits per heavy atom. The van der Waals surface area contributed by atoms with Crippen LogP contribution in [-0.2, 0) is 0 Å². The van der Waals surface area contributed by atoms with Crippen molar-refractivity contribution in [1.82, 2.24) is 24.3 Å². The van der Waals surface area contributed by atoms with Gasteiger partial charge in [0.05, 0.1) is 0 Å². The lowest BCUT2D eigenvalue weighted by Crippen LogP contribution is -2.19. The average molecular weight is 606 g/mol. The number of fused-ring (bicyclic) bond motifs is 1. The van der Waals surface area contributed by atoms with Crippen molar-refractivity contribution in [2.75, 3.05) is 11.9 Å². The van der Waals surface area contributed by atoms with Crippen LogP contribution < -0.4 is 15.8 Å². The van der Waals surface area contributed by atoms with E-state index in [0.29, 0.717) is 11.4 Å². The molecule has 0 saturated carbocycles. The van der Waals surface area contributed by atoms with Crippen molar-refractivity contribution < 1.29 is 22.7 Å². The van der Waals surface area contributed by atoms with Crippen LogP contribution in [0.5, 0.6) is 5.88 Å². The third kappa shape index (κ3) is 8.03. The van der Waals surface area contributed by atoms with E-state index in [1.165, 1.54) is 36.1 Å². The number of halogens is 3. The third-order valence-electron chi connectivity index (χ3n) is 5.34. The lowest BCUT2D eigenvalue weighted by molar-refractivity contribution is -0.154. The zero-order chi connectivity index (χ0) is 28.9. The van der Waals surface area contributed by atoms with Gasteiger partial charge >= 0.3 is 6.18 Å². The monoisotopic (exact) mass is 605 g/mol. The van der Waals surface area contributed by atoms with Crippen LogP contribution in [0.25, 0.3) is 10.9 Å². The number of carbonyl (C=O) groups is 1. The number of carbonyl (C=O) groups excluding carboxylic acids is 1. The van der Waals surface area contributed by atoms with Gasteiger partial charge in [-0.25, -0.2) is 15.0 Å². The van der Waals surface area contributed by atoms with Gasteiger partial charge in [0.25, 0.3) is 5.91 Å². The Balaban J connectivity index is 0.000000192. The maximum atomic E-state index is 12.1. The summed E-state index contributed by atoms with van der Waals surface area (Å²) in [4.78, 5) is 27.3. The highest BCUT2D eigenvalue weighted by Crippen LogP contribution is 2.26. The SMILES string of the molecule is CC(c1ccc(OCC(F)(F)F)nc1)c1nccc(C(N)=O)n1.S=c1cc(Nc2cc3ccc(S)cc3[nH]2)s[nH]1. The number of aromatic amines is 2. The highest BCUT2D eigenvalue weighted by Gasteiger charge is 2.28. The number of nitrogens with one attached hydrogen (secondary N) is 3. The lowest BCUT2D eigenvalue weighted by atomic mass is 10.0.